The van der Waals surface area contributed by atoms with Gasteiger partial charge < -0.3 is 15.4 Å². The fourth-order valence-corrected chi connectivity index (χ4v) is 3.00. The van der Waals surface area contributed by atoms with Gasteiger partial charge in [0.25, 0.3) is 0 Å². The van der Waals surface area contributed by atoms with Gasteiger partial charge in [-0.25, -0.2) is 0 Å². The van der Waals surface area contributed by atoms with Crippen LogP contribution in [-0.2, 0) is 16.0 Å². The molecular formula is C20H24N2O2. The minimum absolute atomic E-state index is 0.0300. The fraction of sp³-hybridized carbons (Fsp3) is 0.350. The van der Waals surface area contributed by atoms with E-state index in [0.717, 1.165) is 25.1 Å². The molecule has 1 saturated heterocycles. The first-order chi connectivity index (χ1) is 11.8. The lowest BCUT2D eigenvalue weighted by Crippen LogP contribution is -2.42. The molecule has 0 unspecified atom stereocenters. The van der Waals surface area contributed by atoms with Gasteiger partial charge in [-0.2, -0.15) is 0 Å². The van der Waals surface area contributed by atoms with Crippen LogP contribution in [0.3, 0.4) is 0 Å². The van der Waals surface area contributed by atoms with Crippen LogP contribution < -0.4 is 10.6 Å². The summed E-state index contributed by atoms with van der Waals surface area (Å²) >= 11 is 0. The van der Waals surface area contributed by atoms with Crippen LogP contribution in [0.15, 0.2) is 60.7 Å². The highest BCUT2D eigenvalue weighted by Gasteiger charge is 2.20. The molecule has 24 heavy (non-hydrogen) atoms. The van der Waals surface area contributed by atoms with Crippen molar-refractivity contribution < 1.29 is 9.53 Å². The molecule has 0 radical (unpaired) electrons. The summed E-state index contributed by atoms with van der Waals surface area (Å²) in [7, 11) is 0. The van der Waals surface area contributed by atoms with Crippen LogP contribution in [-0.4, -0.2) is 31.7 Å². The zero-order chi connectivity index (χ0) is 16.6. The Morgan fingerprint density at radius 1 is 1.12 bits per heavy atom. The molecule has 2 aromatic carbocycles. The van der Waals surface area contributed by atoms with Crippen LogP contribution in [0.25, 0.3) is 0 Å². The van der Waals surface area contributed by atoms with Gasteiger partial charge in [0.2, 0.25) is 5.91 Å². The Morgan fingerprint density at radius 2 is 1.83 bits per heavy atom. The van der Waals surface area contributed by atoms with Gasteiger partial charge in [-0.05, 0) is 17.5 Å². The van der Waals surface area contributed by atoms with Gasteiger partial charge in [-0.1, -0.05) is 60.7 Å². The van der Waals surface area contributed by atoms with Crippen LogP contribution in [0.2, 0.25) is 0 Å². The first-order valence-electron chi connectivity index (χ1n) is 8.52. The van der Waals surface area contributed by atoms with Crippen molar-refractivity contribution in [2.75, 3.05) is 19.7 Å². The molecule has 1 aliphatic heterocycles. The lowest BCUT2D eigenvalue weighted by Gasteiger charge is -2.25. The smallest absolute Gasteiger partial charge is 0.223 e. The normalized spacial score (nSPS) is 18.8. The summed E-state index contributed by atoms with van der Waals surface area (Å²) in [5.74, 6) is 0.0356. The van der Waals surface area contributed by atoms with Crippen LogP contribution in [0.4, 0.5) is 0 Å². The van der Waals surface area contributed by atoms with Crippen molar-refractivity contribution in [3.8, 4) is 0 Å². The highest BCUT2D eigenvalue weighted by Crippen LogP contribution is 2.19. The largest absolute Gasteiger partial charge is 0.375 e. The number of carbonyl (C=O) groups excluding carboxylic acids is 1. The van der Waals surface area contributed by atoms with E-state index < -0.39 is 0 Å². The van der Waals surface area contributed by atoms with Gasteiger partial charge in [0, 0.05) is 13.1 Å². The van der Waals surface area contributed by atoms with E-state index >= 15 is 0 Å². The first kappa shape index (κ1) is 16.7. The molecule has 4 nitrogen and oxygen atoms in total. The van der Waals surface area contributed by atoms with Crippen LogP contribution >= 0.6 is 0 Å². The number of nitrogens with one attached hydrogen (secondary N) is 2. The number of benzene rings is 2. The molecule has 0 saturated carbocycles. The molecule has 0 spiro atoms. The number of amides is 1. The molecule has 2 aromatic rings. The Hall–Kier alpha value is -2.17. The Kier molecular flexibility index (Phi) is 5.99. The third kappa shape index (κ3) is 4.91. The Bertz CT molecular complexity index is 625. The number of carbonyl (C=O) groups is 1. The Balaban J connectivity index is 1.66. The summed E-state index contributed by atoms with van der Waals surface area (Å²) in [4.78, 5) is 12.5. The maximum atomic E-state index is 12.5. The lowest BCUT2D eigenvalue weighted by molar-refractivity contribution is -0.125. The zero-order valence-corrected chi connectivity index (χ0v) is 13.8. The summed E-state index contributed by atoms with van der Waals surface area (Å²) in [6.45, 7) is 2.27. The highest BCUT2D eigenvalue weighted by molar-refractivity contribution is 5.77. The molecule has 1 heterocycles. The van der Waals surface area contributed by atoms with Crippen molar-refractivity contribution in [2.24, 2.45) is 0 Å². The molecule has 4 heteroatoms. The van der Waals surface area contributed by atoms with E-state index in [4.69, 9.17) is 4.74 Å². The van der Waals surface area contributed by atoms with Crippen molar-refractivity contribution in [3.05, 3.63) is 71.8 Å². The van der Waals surface area contributed by atoms with E-state index in [1.807, 2.05) is 36.4 Å². The number of morpholine rings is 1. The first-order valence-corrected chi connectivity index (χ1v) is 8.52. The third-order valence-corrected chi connectivity index (χ3v) is 4.24. The van der Waals surface area contributed by atoms with E-state index in [9.17, 15) is 4.79 Å². The topological polar surface area (TPSA) is 50.4 Å². The van der Waals surface area contributed by atoms with E-state index in [0.29, 0.717) is 13.0 Å². The van der Waals surface area contributed by atoms with Gasteiger partial charge in [-0.15, -0.1) is 0 Å². The standard InChI is InChI=1S/C20H24N2O2/c23-20(14-18-15-21-11-12-24-18)22-19(17-9-5-2-6-10-17)13-16-7-3-1-4-8-16/h1-10,18-19,21H,11-15H2,(H,22,23)/t18-,19-/m0/s1. The summed E-state index contributed by atoms with van der Waals surface area (Å²) in [6.07, 6.45) is 1.14. The molecule has 0 bridgehead atoms. The van der Waals surface area contributed by atoms with E-state index in [1.54, 1.807) is 0 Å². The SMILES string of the molecule is O=C(C[C@H]1CNCCO1)N[C@@H](Cc1ccccc1)c1ccccc1. The van der Waals surface area contributed by atoms with Gasteiger partial charge in [0.05, 0.1) is 25.2 Å². The van der Waals surface area contributed by atoms with E-state index in [2.05, 4.69) is 34.9 Å². The number of hydrogen-bond donors (Lipinski definition) is 2. The molecule has 2 N–H and O–H groups in total. The minimum atomic E-state index is -0.0353. The van der Waals surface area contributed by atoms with Gasteiger partial charge in [0.15, 0.2) is 0 Å². The summed E-state index contributed by atoms with van der Waals surface area (Å²) in [6, 6.07) is 20.4. The predicted octanol–water partition coefficient (Wildman–Crippen LogP) is 2.47. The molecule has 1 amide bonds. The molecule has 1 aliphatic rings. The summed E-state index contributed by atoms with van der Waals surface area (Å²) in [5, 5.41) is 6.44. The second kappa shape index (κ2) is 8.62. The van der Waals surface area contributed by atoms with Gasteiger partial charge >= 0.3 is 0 Å². The van der Waals surface area contributed by atoms with Crippen LogP contribution in [0, 0.1) is 0 Å². The van der Waals surface area contributed by atoms with E-state index in [-0.39, 0.29) is 18.1 Å². The number of rotatable bonds is 6. The second-order valence-corrected chi connectivity index (χ2v) is 6.12. The molecule has 1 fully saturated rings. The van der Waals surface area contributed by atoms with Crippen molar-refractivity contribution in [2.45, 2.75) is 25.0 Å². The lowest BCUT2D eigenvalue weighted by atomic mass is 9.98. The number of ether oxygens (including phenoxy) is 1. The molecule has 3 rings (SSSR count). The summed E-state index contributed by atoms with van der Waals surface area (Å²) < 4.78 is 5.63. The van der Waals surface area contributed by atoms with Crippen molar-refractivity contribution >= 4 is 5.91 Å². The molecule has 0 aliphatic carbocycles. The molecular weight excluding hydrogens is 300 g/mol. The molecule has 2 atom stereocenters. The predicted molar refractivity (Wildman–Crippen MR) is 94.7 cm³/mol. The monoisotopic (exact) mass is 324 g/mol. The van der Waals surface area contributed by atoms with Crippen LogP contribution in [0.5, 0.6) is 0 Å². The Morgan fingerprint density at radius 3 is 2.50 bits per heavy atom. The number of hydrogen-bond acceptors (Lipinski definition) is 3. The molecule has 0 aromatic heterocycles. The minimum Gasteiger partial charge on any atom is -0.375 e. The highest BCUT2D eigenvalue weighted by atomic mass is 16.5. The zero-order valence-electron chi connectivity index (χ0n) is 13.8. The van der Waals surface area contributed by atoms with Gasteiger partial charge in [0.1, 0.15) is 0 Å². The second-order valence-electron chi connectivity index (χ2n) is 6.12. The average Bonchev–Trinajstić information content (AvgIpc) is 2.63. The van der Waals surface area contributed by atoms with Crippen molar-refractivity contribution in [3.63, 3.8) is 0 Å². The summed E-state index contributed by atoms with van der Waals surface area (Å²) in [5.41, 5.74) is 2.33. The maximum Gasteiger partial charge on any atom is 0.223 e. The van der Waals surface area contributed by atoms with Gasteiger partial charge in [-0.3, -0.25) is 4.79 Å². The fourth-order valence-electron chi connectivity index (χ4n) is 3.00. The van der Waals surface area contributed by atoms with Crippen LogP contribution in [0.1, 0.15) is 23.6 Å². The van der Waals surface area contributed by atoms with Crippen molar-refractivity contribution in [1.82, 2.24) is 10.6 Å². The maximum absolute atomic E-state index is 12.5. The quantitative estimate of drug-likeness (QED) is 0.858. The third-order valence-electron chi connectivity index (χ3n) is 4.24. The Labute approximate surface area is 143 Å². The van der Waals surface area contributed by atoms with E-state index in [1.165, 1.54) is 5.56 Å². The van der Waals surface area contributed by atoms with Crippen molar-refractivity contribution in [1.29, 1.82) is 0 Å². The average molecular weight is 324 g/mol. The molecule has 126 valence electrons.